The molecule has 0 spiro atoms. The molecule has 2 heteroatoms. The fourth-order valence-corrected chi connectivity index (χ4v) is 4.69. The van der Waals surface area contributed by atoms with Crippen LogP contribution >= 0.6 is 0 Å². The van der Waals surface area contributed by atoms with Gasteiger partial charge in [-0.2, -0.15) is 0 Å². The van der Waals surface area contributed by atoms with Crippen molar-refractivity contribution in [3.8, 4) is 0 Å². The number of unbranched alkanes of at least 4 members (excludes halogenated alkanes) is 1. The molecule has 134 valence electrons. The van der Waals surface area contributed by atoms with Crippen molar-refractivity contribution < 1.29 is 0 Å². The van der Waals surface area contributed by atoms with Gasteiger partial charge in [-0.1, -0.05) is 51.0 Å². The van der Waals surface area contributed by atoms with Crippen LogP contribution in [0.5, 0.6) is 0 Å². The molecule has 0 N–H and O–H groups in total. The number of benzene rings is 1. The van der Waals surface area contributed by atoms with Gasteiger partial charge in [0.05, 0.1) is 0 Å². The monoisotopic (exact) mass is 328 g/mol. The number of likely N-dealkylation sites (tertiary alicyclic amines) is 2. The number of piperidine rings is 2. The highest BCUT2D eigenvalue weighted by Gasteiger charge is 2.47. The summed E-state index contributed by atoms with van der Waals surface area (Å²) in [7, 11) is 0. The minimum atomic E-state index is 0.501. The lowest BCUT2D eigenvalue weighted by atomic mass is 9.63. The second-order valence-corrected chi connectivity index (χ2v) is 8.95. The van der Waals surface area contributed by atoms with Gasteiger partial charge in [0.2, 0.25) is 0 Å². The molecule has 2 atom stereocenters. The van der Waals surface area contributed by atoms with Crippen LogP contribution in [-0.4, -0.2) is 42.5 Å². The Morgan fingerprint density at radius 1 is 1.00 bits per heavy atom. The quantitative estimate of drug-likeness (QED) is 0.785. The lowest BCUT2D eigenvalue weighted by Gasteiger charge is -2.56. The number of hydrogen-bond donors (Lipinski definition) is 0. The molecule has 2 fully saturated rings. The second kappa shape index (κ2) is 7.17. The first kappa shape index (κ1) is 17.9. The summed E-state index contributed by atoms with van der Waals surface area (Å²) in [5, 5.41) is 0. The largest absolute Gasteiger partial charge is 0.303 e. The summed E-state index contributed by atoms with van der Waals surface area (Å²) in [6.07, 6.45) is 2.67. The summed E-state index contributed by atoms with van der Waals surface area (Å²) < 4.78 is 0. The Bertz CT molecular complexity index is 545. The highest BCUT2D eigenvalue weighted by atomic mass is 15.2. The first-order valence-electron chi connectivity index (χ1n) is 9.91. The minimum Gasteiger partial charge on any atom is -0.303 e. The number of fused-ring (bicyclic) bond motifs is 2. The predicted molar refractivity (Wildman–Crippen MR) is 103 cm³/mol. The third kappa shape index (κ3) is 3.70. The molecular weight excluding hydrogens is 292 g/mol. The molecule has 3 rings (SSSR count). The van der Waals surface area contributed by atoms with E-state index in [-0.39, 0.29) is 0 Å². The van der Waals surface area contributed by atoms with Gasteiger partial charge >= 0.3 is 0 Å². The van der Waals surface area contributed by atoms with E-state index >= 15 is 0 Å². The smallest absolute Gasteiger partial charge is 0.0236 e. The van der Waals surface area contributed by atoms with Gasteiger partial charge in [0.25, 0.3) is 0 Å². The van der Waals surface area contributed by atoms with Crippen LogP contribution in [0.3, 0.4) is 0 Å². The molecule has 0 saturated carbocycles. The maximum Gasteiger partial charge on any atom is 0.0236 e. The van der Waals surface area contributed by atoms with Crippen molar-refractivity contribution in [3.05, 3.63) is 34.9 Å². The summed E-state index contributed by atoms with van der Waals surface area (Å²) in [5.74, 6) is 1.62. The molecule has 24 heavy (non-hydrogen) atoms. The van der Waals surface area contributed by atoms with Crippen molar-refractivity contribution >= 4 is 0 Å². The fourth-order valence-electron chi connectivity index (χ4n) is 4.69. The molecule has 0 aliphatic carbocycles. The van der Waals surface area contributed by atoms with Gasteiger partial charge in [-0.25, -0.2) is 0 Å². The van der Waals surface area contributed by atoms with Crippen LogP contribution in [0.25, 0.3) is 0 Å². The molecular formula is C22H36N2. The topological polar surface area (TPSA) is 6.48 Å². The lowest BCUT2D eigenvalue weighted by Crippen LogP contribution is -2.61. The minimum absolute atomic E-state index is 0.501. The van der Waals surface area contributed by atoms with Gasteiger partial charge in [-0.05, 0) is 55.2 Å². The van der Waals surface area contributed by atoms with Gasteiger partial charge in [-0.15, -0.1) is 0 Å². The third-order valence-corrected chi connectivity index (χ3v) is 6.75. The van der Waals surface area contributed by atoms with Crippen LogP contribution in [0, 0.1) is 31.1 Å². The summed E-state index contributed by atoms with van der Waals surface area (Å²) in [6.45, 7) is 19.4. The highest BCUT2D eigenvalue weighted by molar-refractivity contribution is 5.30. The molecule has 0 amide bonds. The second-order valence-electron chi connectivity index (χ2n) is 8.95. The van der Waals surface area contributed by atoms with E-state index in [4.69, 9.17) is 0 Å². The molecule has 0 radical (unpaired) electrons. The van der Waals surface area contributed by atoms with Crippen molar-refractivity contribution in [1.82, 2.24) is 9.80 Å². The summed E-state index contributed by atoms with van der Waals surface area (Å²) in [6, 6.07) is 6.91. The summed E-state index contributed by atoms with van der Waals surface area (Å²) in [4.78, 5) is 5.48. The van der Waals surface area contributed by atoms with Crippen molar-refractivity contribution in [2.24, 2.45) is 17.3 Å². The Morgan fingerprint density at radius 3 is 2.25 bits per heavy atom. The summed E-state index contributed by atoms with van der Waals surface area (Å²) in [5.41, 5.74) is 4.86. The van der Waals surface area contributed by atoms with Gasteiger partial charge in [-0.3, -0.25) is 4.90 Å². The molecule has 2 aliphatic rings. The van der Waals surface area contributed by atoms with Crippen LogP contribution in [-0.2, 0) is 6.54 Å². The standard InChI is InChI=1S/C22H36N2/c1-6-7-10-23-13-20-15-24(16-21(14-23)22(20,4)5)12-19-11-17(2)8-9-18(19)3/h8-9,11,20-21H,6-7,10,12-16H2,1-5H3. The zero-order valence-electron chi connectivity index (χ0n) is 16.4. The van der Waals surface area contributed by atoms with Crippen LogP contribution in [0.4, 0.5) is 0 Å². The zero-order valence-corrected chi connectivity index (χ0v) is 16.4. The summed E-state index contributed by atoms with van der Waals surface area (Å²) >= 11 is 0. The molecule has 1 aromatic carbocycles. The maximum atomic E-state index is 2.75. The first-order chi connectivity index (χ1) is 11.4. The molecule has 2 nitrogen and oxygen atoms in total. The van der Waals surface area contributed by atoms with Gasteiger partial charge in [0, 0.05) is 32.7 Å². The van der Waals surface area contributed by atoms with E-state index in [0.717, 1.165) is 18.4 Å². The molecule has 2 saturated heterocycles. The molecule has 2 heterocycles. The van der Waals surface area contributed by atoms with E-state index in [0.29, 0.717) is 5.41 Å². The zero-order chi connectivity index (χ0) is 17.3. The SMILES string of the molecule is CCCCN1CC2CN(Cc3cc(C)ccc3C)CC(C1)C2(C)C. The molecule has 2 aliphatic heterocycles. The Balaban J connectivity index is 1.69. The third-order valence-electron chi connectivity index (χ3n) is 6.75. The first-order valence-corrected chi connectivity index (χ1v) is 9.91. The number of hydrogen-bond acceptors (Lipinski definition) is 2. The lowest BCUT2D eigenvalue weighted by molar-refractivity contribution is -0.0740. The van der Waals surface area contributed by atoms with E-state index in [9.17, 15) is 0 Å². The number of aryl methyl sites for hydroxylation is 2. The van der Waals surface area contributed by atoms with E-state index in [1.807, 2.05) is 0 Å². The Hall–Kier alpha value is -0.860. The normalized spacial score (nSPS) is 27.4. The predicted octanol–water partition coefficient (Wildman–Crippen LogP) is 4.49. The molecule has 2 unspecified atom stereocenters. The van der Waals surface area contributed by atoms with Crippen LogP contribution in [0.2, 0.25) is 0 Å². The Morgan fingerprint density at radius 2 is 1.62 bits per heavy atom. The highest BCUT2D eigenvalue weighted by Crippen LogP contribution is 2.44. The van der Waals surface area contributed by atoms with Crippen LogP contribution < -0.4 is 0 Å². The van der Waals surface area contributed by atoms with E-state index in [1.54, 1.807) is 0 Å². The number of rotatable bonds is 5. The van der Waals surface area contributed by atoms with Crippen molar-refractivity contribution in [3.63, 3.8) is 0 Å². The van der Waals surface area contributed by atoms with Crippen molar-refractivity contribution in [2.45, 2.75) is 54.0 Å². The van der Waals surface area contributed by atoms with Crippen LogP contribution in [0.15, 0.2) is 18.2 Å². The maximum absolute atomic E-state index is 2.75. The Labute approximate surface area is 149 Å². The number of nitrogens with zero attached hydrogens (tertiary/aromatic N) is 2. The van der Waals surface area contributed by atoms with Gasteiger partial charge in [0.1, 0.15) is 0 Å². The van der Waals surface area contributed by atoms with E-state index < -0.39 is 0 Å². The van der Waals surface area contributed by atoms with Gasteiger partial charge in [0.15, 0.2) is 0 Å². The molecule has 1 aromatic rings. The average Bonchev–Trinajstić information content (AvgIpc) is 2.50. The fraction of sp³-hybridized carbons (Fsp3) is 0.727. The van der Waals surface area contributed by atoms with Gasteiger partial charge < -0.3 is 4.90 Å². The molecule has 0 aromatic heterocycles. The Kier molecular flexibility index (Phi) is 5.36. The van der Waals surface area contributed by atoms with Crippen LogP contribution in [0.1, 0.15) is 50.3 Å². The average molecular weight is 329 g/mol. The van der Waals surface area contributed by atoms with E-state index in [1.165, 1.54) is 62.3 Å². The van der Waals surface area contributed by atoms with Crippen molar-refractivity contribution in [1.29, 1.82) is 0 Å². The van der Waals surface area contributed by atoms with Crippen molar-refractivity contribution in [2.75, 3.05) is 32.7 Å². The van der Waals surface area contributed by atoms with E-state index in [2.05, 4.69) is 62.6 Å². The molecule has 2 bridgehead atoms.